The van der Waals surface area contributed by atoms with Gasteiger partial charge in [0.1, 0.15) is 12.4 Å². The largest absolute Gasteiger partial charge is 0.492 e. The number of carbonyl (C=O) groups is 1. The summed E-state index contributed by atoms with van der Waals surface area (Å²) in [6.07, 6.45) is 0. The first-order valence-corrected chi connectivity index (χ1v) is 9.59. The smallest absolute Gasteiger partial charge is 0.238 e. The molecule has 0 unspecified atom stereocenters. The van der Waals surface area contributed by atoms with Crippen LogP contribution in [0.5, 0.6) is 5.75 Å². The number of piperazine rings is 1. The third kappa shape index (κ3) is 6.38. The average Bonchev–Trinajstić information content (AvgIpc) is 2.63. The number of nitrogens with zero attached hydrogens (tertiary/aromatic N) is 2. The molecule has 0 radical (unpaired) electrons. The highest BCUT2D eigenvalue weighted by Gasteiger charge is 2.19. The molecule has 1 saturated heterocycles. The van der Waals surface area contributed by atoms with Crippen LogP contribution in [0.3, 0.4) is 0 Å². The second-order valence-electron chi connectivity index (χ2n) is 7.20. The van der Waals surface area contributed by atoms with Gasteiger partial charge in [-0.25, -0.2) is 0 Å². The highest BCUT2D eigenvalue weighted by atomic mass is 16.5. The van der Waals surface area contributed by atoms with E-state index in [2.05, 4.69) is 21.2 Å². The third-order valence-electron chi connectivity index (χ3n) is 4.76. The average molecular weight is 367 g/mol. The van der Waals surface area contributed by atoms with Gasteiger partial charge in [0.05, 0.1) is 6.54 Å². The van der Waals surface area contributed by atoms with Gasteiger partial charge in [0.25, 0.3) is 0 Å². The summed E-state index contributed by atoms with van der Waals surface area (Å²) in [4.78, 5) is 16.9. The van der Waals surface area contributed by atoms with Crippen LogP contribution >= 0.6 is 0 Å². The minimum Gasteiger partial charge on any atom is -0.492 e. The molecular formula is C22H29N3O2. The first-order valence-electron chi connectivity index (χ1n) is 9.59. The van der Waals surface area contributed by atoms with E-state index in [1.165, 1.54) is 0 Å². The monoisotopic (exact) mass is 367 g/mol. The van der Waals surface area contributed by atoms with Crippen molar-refractivity contribution >= 4 is 11.6 Å². The van der Waals surface area contributed by atoms with E-state index in [9.17, 15) is 4.79 Å². The van der Waals surface area contributed by atoms with Crippen LogP contribution in [0.2, 0.25) is 0 Å². The molecule has 0 saturated carbocycles. The molecule has 2 aromatic rings. The number of benzene rings is 2. The summed E-state index contributed by atoms with van der Waals surface area (Å²) in [7, 11) is 0. The second-order valence-corrected chi connectivity index (χ2v) is 7.20. The Kier molecular flexibility index (Phi) is 6.85. The normalized spacial score (nSPS) is 15.5. The number of rotatable bonds is 7. The molecule has 1 aliphatic rings. The Labute approximate surface area is 161 Å². The predicted octanol–water partition coefficient (Wildman–Crippen LogP) is 2.94. The van der Waals surface area contributed by atoms with Gasteiger partial charge >= 0.3 is 0 Å². The van der Waals surface area contributed by atoms with Crippen LogP contribution in [0.25, 0.3) is 0 Å². The maximum Gasteiger partial charge on any atom is 0.238 e. The van der Waals surface area contributed by atoms with Gasteiger partial charge < -0.3 is 10.1 Å². The molecule has 3 rings (SSSR count). The number of amides is 1. The summed E-state index contributed by atoms with van der Waals surface area (Å²) in [6, 6.07) is 16.0. The lowest BCUT2D eigenvalue weighted by atomic mass is 10.1. The SMILES string of the molecule is Cc1cc(C)cc(NC(=O)CN2CCN(CCOc3ccccc3)CC2)c1. The van der Waals surface area contributed by atoms with Crippen molar-refractivity contribution in [3.05, 3.63) is 59.7 Å². The molecule has 1 aliphatic heterocycles. The third-order valence-corrected chi connectivity index (χ3v) is 4.76. The van der Waals surface area contributed by atoms with Crippen molar-refractivity contribution in [1.29, 1.82) is 0 Å². The van der Waals surface area contributed by atoms with Crippen LogP contribution in [0, 0.1) is 13.8 Å². The summed E-state index contributed by atoms with van der Waals surface area (Å²) in [5, 5.41) is 3.02. The van der Waals surface area contributed by atoms with Crippen LogP contribution in [-0.4, -0.2) is 61.6 Å². The van der Waals surface area contributed by atoms with E-state index in [-0.39, 0.29) is 5.91 Å². The summed E-state index contributed by atoms with van der Waals surface area (Å²) in [6.45, 7) is 9.89. The fourth-order valence-corrected chi connectivity index (χ4v) is 3.43. The molecule has 0 aliphatic carbocycles. The summed E-state index contributed by atoms with van der Waals surface area (Å²) in [5.74, 6) is 0.972. The fourth-order valence-electron chi connectivity index (χ4n) is 3.43. The first kappa shape index (κ1) is 19.4. The molecule has 1 fully saturated rings. The van der Waals surface area contributed by atoms with E-state index in [1.54, 1.807) is 0 Å². The molecule has 27 heavy (non-hydrogen) atoms. The lowest BCUT2D eigenvalue weighted by Crippen LogP contribution is -2.49. The second kappa shape index (κ2) is 9.53. The van der Waals surface area contributed by atoms with Crippen LogP contribution in [0.1, 0.15) is 11.1 Å². The van der Waals surface area contributed by atoms with Gasteiger partial charge in [-0.1, -0.05) is 24.3 Å². The molecule has 1 N–H and O–H groups in total. The molecule has 0 atom stereocenters. The number of ether oxygens (including phenoxy) is 1. The first-order chi connectivity index (χ1) is 13.1. The fraction of sp³-hybridized carbons (Fsp3) is 0.409. The Bertz CT molecular complexity index is 720. The number of aryl methyl sites for hydroxylation is 2. The van der Waals surface area contributed by atoms with Crippen molar-refractivity contribution in [2.24, 2.45) is 0 Å². The van der Waals surface area contributed by atoms with Crippen molar-refractivity contribution in [3.8, 4) is 5.75 Å². The zero-order valence-corrected chi connectivity index (χ0v) is 16.3. The number of carbonyl (C=O) groups excluding carboxylic acids is 1. The van der Waals surface area contributed by atoms with E-state index in [1.807, 2.05) is 56.3 Å². The number of hydrogen-bond acceptors (Lipinski definition) is 4. The lowest BCUT2D eigenvalue weighted by Gasteiger charge is -2.34. The molecule has 0 spiro atoms. The summed E-state index contributed by atoms with van der Waals surface area (Å²) >= 11 is 0. The van der Waals surface area contributed by atoms with Gasteiger partial charge in [-0.15, -0.1) is 0 Å². The van der Waals surface area contributed by atoms with Gasteiger partial charge in [0.15, 0.2) is 0 Å². The summed E-state index contributed by atoms with van der Waals surface area (Å²) < 4.78 is 5.77. The van der Waals surface area contributed by atoms with Gasteiger partial charge in [-0.05, 0) is 49.2 Å². The van der Waals surface area contributed by atoms with Crippen LogP contribution in [0.4, 0.5) is 5.69 Å². The zero-order chi connectivity index (χ0) is 19.1. The van der Waals surface area contributed by atoms with E-state index >= 15 is 0 Å². The summed E-state index contributed by atoms with van der Waals surface area (Å²) in [5.41, 5.74) is 3.21. The maximum atomic E-state index is 12.3. The minimum atomic E-state index is 0.0564. The van der Waals surface area contributed by atoms with Crippen LogP contribution < -0.4 is 10.1 Å². The van der Waals surface area contributed by atoms with Crippen molar-refractivity contribution in [1.82, 2.24) is 9.80 Å². The molecule has 0 bridgehead atoms. The van der Waals surface area contributed by atoms with Crippen LogP contribution in [0.15, 0.2) is 48.5 Å². The van der Waals surface area contributed by atoms with Crippen molar-refractivity contribution < 1.29 is 9.53 Å². The molecule has 1 heterocycles. The zero-order valence-electron chi connectivity index (χ0n) is 16.3. The lowest BCUT2D eigenvalue weighted by molar-refractivity contribution is -0.117. The Hall–Kier alpha value is -2.37. The van der Waals surface area contributed by atoms with Crippen LogP contribution in [-0.2, 0) is 4.79 Å². The standard InChI is InChI=1S/C22H29N3O2/c1-18-14-19(2)16-20(15-18)23-22(26)17-25-10-8-24(9-11-25)12-13-27-21-6-4-3-5-7-21/h3-7,14-16H,8-13,17H2,1-2H3,(H,23,26). The Morgan fingerprint density at radius 1 is 0.963 bits per heavy atom. The highest BCUT2D eigenvalue weighted by Crippen LogP contribution is 2.14. The molecule has 5 heteroatoms. The Balaban J connectivity index is 1.35. The topological polar surface area (TPSA) is 44.8 Å². The molecular weight excluding hydrogens is 338 g/mol. The highest BCUT2D eigenvalue weighted by molar-refractivity contribution is 5.92. The Morgan fingerprint density at radius 3 is 2.26 bits per heavy atom. The van der Waals surface area contributed by atoms with Gasteiger partial charge in [0.2, 0.25) is 5.91 Å². The number of anilines is 1. The molecule has 144 valence electrons. The number of para-hydroxylation sites is 1. The van der Waals surface area contributed by atoms with Crippen molar-refractivity contribution in [2.75, 3.05) is 51.2 Å². The number of hydrogen-bond donors (Lipinski definition) is 1. The van der Waals surface area contributed by atoms with Crippen molar-refractivity contribution in [2.45, 2.75) is 13.8 Å². The molecule has 0 aromatic heterocycles. The maximum absolute atomic E-state index is 12.3. The molecule has 1 amide bonds. The van der Waals surface area contributed by atoms with E-state index in [4.69, 9.17) is 4.74 Å². The van der Waals surface area contributed by atoms with E-state index in [0.717, 1.165) is 55.3 Å². The van der Waals surface area contributed by atoms with Gasteiger partial charge in [0, 0.05) is 38.4 Å². The quantitative estimate of drug-likeness (QED) is 0.817. The Morgan fingerprint density at radius 2 is 1.59 bits per heavy atom. The van der Waals surface area contributed by atoms with E-state index < -0.39 is 0 Å². The van der Waals surface area contributed by atoms with Gasteiger partial charge in [-0.3, -0.25) is 14.6 Å². The predicted molar refractivity (Wildman–Crippen MR) is 109 cm³/mol. The molecule has 5 nitrogen and oxygen atoms in total. The minimum absolute atomic E-state index is 0.0564. The van der Waals surface area contributed by atoms with Gasteiger partial charge in [-0.2, -0.15) is 0 Å². The molecule has 2 aromatic carbocycles. The van der Waals surface area contributed by atoms with Crippen molar-refractivity contribution in [3.63, 3.8) is 0 Å². The van der Waals surface area contributed by atoms with E-state index in [0.29, 0.717) is 13.2 Å². The number of nitrogens with one attached hydrogen (secondary N) is 1.